The third-order valence-corrected chi connectivity index (χ3v) is 4.56. The van der Waals surface area contributed by atoms with Gasteiger partial charge in [0.2, 0.25) is 0 Å². The van der Waals surface area contributed by atoms with Crippen LogP contribution in [0.4, 0.5) is 0 Å². The largest absolute Gasteiger partial charge is 0.333 e. The monoisotopic (exact) mass is 294 g/mol. The van der Waals surface area contributed by atoms with E-state index >= 15 is 0 Å². The molecule has 2 aromatic heterocycles. The lowest BCUT2D eigenvalue weighted by atomic mass is 10.2. The molecule has 5 nitrogen and oxygen atoms in total. The zero-order chi connectivity index (χ0) is 14.5. The molecule has 2 heterocycles. The number of hydrogen-bond acceptors (Lipinski definition) is 6. The average Bonchev–Trinajstić information content (AvgIpc) is 3.12. The lowest BCUT2D eigenvalue weighted by Gasteiger charge is -2.20. The van der Waals surface area contributed by atoms with Crippen LogP contribution in [-0.4, -0.2) is 34.7 Å². The van der Waals surface area contributed by atoms with E-state index in [1.807, 2.05) is 6.07 Å². The van der Waals surface area contributed by atoms with E-state index < -0.39 is 0 Å². The lowest BCUT2D eigenvalue weighted by Crippen LogP contribution is -2.32. The fourth-order valence-corrected chi connectivity index (χ4v) is 2.88. The average molecular weight is 294 g/mol. The quantitative estimate of drug-likeness (QED) is 0.850. The van der Waals surface area contributed by atoms with Crippen molar-refractivity contribution in [2.24, 2.45) is 5.73 Å². The van der Waals surface area contributed by atoms with Gasteiger partial charge in [0.15, 0.2) is 5.82 Å². The third kappa shape index (κ3) is 3.45. The number of aryl methyl sites for hydroxylation is 1. The first-order valence-corrected chi connectivity index (χ1v) is 7.90. The molecule has 20 heavy (non-hydrogen) atoms. The summed E-state index contributed by atoms with van der Waals surface area (Å²) in [6, 6.07) is 3.91. The Balaban J connectivity index is 2.08. The molecule has 0 aliphatic heterocycles. The van der Waals surface area contributed by atoms with Crippen molar-refractivity contribution >= 4 is 11.3 Å². The van der Waals surface area contributed by atoms with E-state index in [1.165, 1.54) is 4.88 Å². The fourth-order valence-electron chi connectivity index (χ4n) is 2.01. The highest BCUT2D eigenvalue weighted by Gasteiger charge is 2.18. The second-order valence-corrected chi connectivity index (χ2v) is 5.84. The van der Waals surface area contributed by atoms with E-state index in [-0.39, 0.29) is 6.04 Å². The Morgan fingerprint density at radius 2 is 2.05 bits per heavy atom. The molecule has 2 N–H and O–H groups in total. The van der Waals surface area contributed by atoms with Crippen LogP contribution in [0.3, 0.4) is 0 Å². The van der Waals surface area contributed by atoms with E-state index in [4.69, 9.17) is 10.3 Å². The van der Waals surface area contributed by atoms with Gasteiger partial charge in [0.1, 0.15) is 0 Å². The van der Waals surface area contributed by atoms with E-state index in [1.54, 1.807) is 11.3 Å². The minimum Gasteiger partial charge on any atom is -0.333 e. The zero-order valence-corrected chi connectivity index (χ0v) is 13.1. The SMILES string of the molecule is CCc1ccc(-c2nc(C(N)CN(CC)CC)no2)s1. The van der Waals surface area contributed by atoms with Gasteiger partial charge in [-0.2, -0.15) is 4.98 Å². The molecule has 0 aliphatic rings. The Hall–Kier alpha value is -1.24. The van der Waals surface area contributed by atoms with Crippen molar-refractivity contribution in [3.8, 4) is 10.8 Å². The van der Waals surface area contributed by atoms with E-state index in [0.717, 1.165) is 30.9 Å². The topological polar surface area (TPSA) is 68.2 Å². The van der Waals surface area contributed by atoms with Crippen LogP contribution in [0, 0.1) is 0 Å². The molecule has 2 aromatic rings. The maximum Gasteiger partial charge on any atom is 0.268 e. The van der Waals surface area contributed by atoms with Crippen LogP contribution in [0.2, 0.25) is 0 Å². The molecule has 1 atom stereocenters. The van der Waals surface area contributed by atoms with Crippen molar-refractivity contribution in [3.63, 3.8) is 0 Å². The Morgan fingerprint density at radius 3 is 2.65 bits per heavy atom. The van der Waals surface area contributed by atoms with Crippen molar-refractivity contribution in [2.45, 2.75) is 33.2 Å². The summed E-state index contributed by atoms with van der Waals surface area (Å²) in [5.41, 5.74) is 6.15. The van der Waals surface area contributed by atoms with Gasteiger partial charge < -0.3 is 15.2 Å². The van der Waals surface area contributed by atoms with E-state index in [0.29, 0.717) is 11.7 Å². The zero-order valence-electron chi connectivity index (χ0n) is 12.3. The van der Waals surface area contributed by atoms with Gasteiger partial charge in [-0.15, -0.1) is 11.3 Å². The van der Waals surface area contributed by atoms with Gasteiger partial charge in [0.25, 0.3) is 5.89 Å². The number of rotatable bonds is 7. The summed E-state index contributed by atoms with van der Waals surface area (Å²) in [6.45, 7) is 9.07. The minimum absolute atomic E-state index is 0.210. The number of likely N-dealkylation sites (N-methyl/N-ethyl adjacent to an activating group) is 1. The molecule has 0 amide bonds. The summed E-state index contributed by atoms with van der Waals surface area (Å²) in [5, 5.41) is 4.02. The van der Waals surface area contributed by atoms with Crippen molar-refractivity contribution < 1.29 is 4.52 Å². The molecule has 0 spiro atoms. The molecule has 2 rings (SSSR count). The van der Waals surface area contributed by atoms with Gasteiger partial charge >= 0.3 is 0 Å². The van der Waals surface area contributed by atoms with Gasteiger partial charge in [0.05, 0.1) is 10.9 Å². The Morgan fingerprint density at radius 1 is 1.30 bits per heavy atom. The first-order chi connectivity index (χ1) is 9.67. The second-order valence-electron chi connectivity index (χ2n) is 4.67. The molecule has 0 bridgehead atoms. The number of aromatic nitrogens is 2. The normalized spacial score (nSPS) is 13.1. The molecule has 0 saturated carbocycles. The summed E-state index contributed by atoms with van der Waals surface area (Å²) >= 11 is 1.69. The Kier molecular flexibility index (Phi) is 5.28. The molecule has 0 aromatic carbocycles. The molecule has 110 valence electrons. The maximum atomic E-state index is 6.15. The van der Waals surface area contributed by atoms with Crippen molar-refractivity contribution in [2.75, 3.05) is 19.6 Å². The number of nitrogens with zero attached hydrogens (tertiary/aromatic N) is 3. The summed E-state index contributed by atoms with van der Waals surface area (Å²) in [4.78, 5) is 9.00. The number of nitrogens with two attached hydrogens (primary N) is 1. The molecular weight excluding hydrogens is 272 g/mol. The van der Waals surface area contributed by atoms with Crippen LogP contribution in [0.15, 0.2) is 16.7 Å². The molecular formula is C14H22N4OS. The van der Waals surface area contributed by atoms with E-state index in [9.17, 15) is 0 Å². The summed E-state index contributed by atoms with van der Waals surface area (Å²) in [6.07, 6.45) is 1.02. The van der Waals surface area contributed by atoms with Crippen LogP contribution in [0.25, 0.3) is 10.8 Å². The van der Waals surface area contributed by atoms with E-state index in [2.05, 4.69) is 41.9 Å². The highest BCUT2D eigenvalue weighted by atomic mass is 32.1. The summed E-state index contributed by atoms with van der Waals surface area (Å²) < 4.78 is 5.33. The molecule has 0 radical (unpaired) electrons. The summed E-state index contributed by atoms with van der Waals surface area (Å²) in [5.74, 6) is 1.15. The number of thiophene rings is 1. The van der Waals surface area contributed by atoms with Crippen molar-refractivity contribution in [3.05, 3.63) is 22.8 Å². The van der Waals surface area contributed by atoms with Crippen LogP contribution in [0.1, 0.15) is 37.5 Å². The Bertz CT molecular complexity index is 533. The fraction of sp³-hybridized carbons (Fsp3) is 0.571. The van der Waals surface area contributed by atoms with Gasteiger partial charge in [-0.1, -0.05) is 25.9 Å². The van der Waals surface area contributed by atoms with Crippen LogP contribution in [-0.2, 0) is 6.42 Å². The minimum atomic E-state index is -0.210. The van der Waals surface area contributed by atoms with Crippen LogP contribution < -0.4 is 5.73 Å². The molecule has 0 aliphatic carbocycles. The number of hydrogen-bond donors (Lipinski definition) is 1. The third-order valence-electron chi connectivity index (χ3n) is 3.34. The predicted molar refractivity (Wildman–Crippen MR) is 81.7 cm³/mol. The standard InChI is InChI=1S/C14H22N4OS/c1-4-10-7-8-12(20-10)14-16-13(17-19-14)11(15)9-18(5-2)6-3/h7-8,11H,4-6,9,15H2,1-3H3. The lowest BCUT2D eigenvalue weighted by molar-refractivity contribution is 0.278. The molecule has 0 saturated heterocycles. The summed E-state index contributed by atoms with van der Waals surface area (Å²) in [7, 11) is 0. The smallest absolute Gasteiger partial charge is 0.268 e. The van der Waals surface area contributed by atoms with Gasteiger partial charge in [-0.25, -0.2) is 0 Å². The molecule has 0 fully saturated rings. The first kappa shape index (κ1) is 15.2. The maximum absolute atomic E-state index is 6.15. The van der Waals surface area contributed by atoms with Crippen molar-refractivity contribution in [1.82, 2.24) is 15.0 Å². The second kappa shape index (κ2) is 6.97. The van der Waals surface area contributed by atoms with Gasteiger partial charge in [-0.05, 0) is 31.6 Å². The highest BCUT2D eigenvalue weighted by molar-refractivity contribution is 7.15. The van der Waals surface area contributed by atoms with Gasteiger partial charge in [-0.3, -0.25) is 0 Å². The predicted octanol–water partition coefficient (Wildman–Crippen LogP) is 2.70. The van der Waals surface area contributed by atoms with Crippen LogP contribution >= 0.6 is 11.3 Å². The van der Waals surface area contributed by atoms with Gasteiger partial charge in [0, 0.05) is 11.4 Å². The Labute approximate surface area is 123 Å². The molecule has 6 heteroatoms. The first-order valence-electron chi connectivity index (χ1n) is 7.08. The molecule has 1 unspecified atom stereocenters. The highest BCUT2D eigenvalue weighted by Crippen LogP contribution is 2.27. The van der Waals surface area contributed by atoms with Crippen molar-refractivity contribution in [1.29, 1.82) is 0 Å². The van der Waals surface area contributed by atoms with Crippen LogP contribution in [0.5, 0.6) is 0 Å².